The summed E-state index contributed by atoms with van der Waals surface area (Å²) in [6.07, 6.45) is 0. The zero-order valence-corrected chi connectivity index (χ0v) is 16.9. The summed E-state index contributed by atoms with van der Waals surface area (Å²) < 4.78 is 0. The van der Waals surface area contributed by atoms with Crippen molar-refractivity contribution in [2.24, 2.45) is 16.1 Å². The van der Waals surface area contributed by atoms with Crippen LogP contribution in [0.3, 0.4) is 0 Å². The number of hydrogen-bond acceptors (Lipinski definition) is 7. The van der Waals surface area contributed by atoms with E-state index in [-0.39, 0.29) is 22.8 Å². The molecule has 5 N–H and O–H groups in total. The molecule has 0 aliphatic heterocycles. The lowest BCUT2D eigenvalue weighted by Crippen LogP contribution is -2.24. The van der Waals surface area contributed by atoms with Crippen LogP contribution in [0.15, 0.2) is 89.1 Å². The number of ketones is 1. The maximum Gasteiger partial charge on any atom is 0.163 e. The van der Waals surface area contributed by atoms with E-state index >= 15 is 0 Å². The second-order valence-electron chi connectivity index (χ2n) is 7.08. The maximum atomic E-state index is 11.9. The lowest BCUT2D eigenvalue weighted by atomic mass is 10.0. The fraction of sp³-hybridized carbons (Fsp3) is 0.0417. The van der Waals surface area contributed by atoms with Crippen LogP contribution in [0.1, 0.15) is 17.3 Å². The third kappa shape index (κ3) is 4.08. The number of Topliss-reactive ketones (excluding diaryl/α,β-unsaturated/α-hetero) is 1. The number of benzene rings is 4. The molecular weight excluding hydrogens is 390 g/mol. The van der Waals surface area contributed by atoms with E-state index in [9.17, 15) is 9.90 Å². The van der Waals surface area contributed by atoms with Crippen molar-refractivity contribution in [3.05, 3.63) is 84.4 Å². The van der Waals surface area contributed by atoms with Crippen molar-refractivity contribution in [2.75, 3.05) is 10.7 Å². The van der Waals surface area contributed by atoms with Gasteiger partial charge in [-0.1, -0.05) is 24.3 Å². The molecule has 0 heterocycles. The number of carbonyl (C=O) groups is 1. The first-order valence-electron chi connectivity index (χ1n) is 9.62. The van der Waals surface area contributed by atoms with Crippen molar-refractivity contribution in [1.29, 1.82) is 0 Å². The fourth-order valence-electron chi connectivity index (χ4n) is 3.26. The number of nitrogen functional groups attached to an aromatic ring is 1. The molecule has 4 aromatic rings. The van der Waals surface area contributed by atoms with Crippen molar-refractivity contribution < 1.29 is 9.90 Å². The monoisotopic (exact) mass is 411 g/mol. The summed E-state index contributed by atoms with van der Waals surface area (Å²) in [7, 11) is 0. The predicted molar refractivity (Wildman–Crippen MR) is 123 cm³/mol. The van der Waals surface area contributed by atoms with Gasteiger partial charge in [0.15, 0.2) is 11.5 Å². The Kier molecular flexibility index (Phi) is 5.34. The van der Waals surface area contributed by atoms with Gasteiger partial charge >= 0.3 is 0 Å². The van der Waals surface area contributed by atoms with Crippen LogP contribution in [-0.4, -0.2) is 10.9 Å². The van der Waals surface area contributed by atoms with Crippen molar-refractivity contribution in [2.45, 2.75) is 6.92 Å². The molecule has 31 heavy (non-hydrogen) atoms. The van der Waals surface area contributed by atoms with Crippen LogP contribution in [0, 0.1) is 0 Å². The molecule has 0 unspecified atom stereocenters. The van der Waals surface area contributed by atoms with Crippen LogP contribution in [0.5, 0.6) is 5.75 Å². The number of phenols is 1. The highest BCUT2D eigenvalue weighted by Gasteiger charge is 2.15. The normalized spacial score (nSPS) is 11.2. The molecule has 0 aliphatic rings. The van der Waals surface area contributed by atoms with Crippen molar-refractivity contribution in [1.82, 2.24) is 0 Å². The highest BCUT2D eigenvalue weighted by atomic mass is 16.3. The Balaban J connectivity index is 1.65. The first kappa shape index (κ1) is 20.1. The number of azo groups is 1. The first-order valence-corrected chi connectivity index (χ1v) is 9.62. The van der Waals surface area contributed by atoms with Gasteiger partial charge in [0, 0.05) is 11.1 Å². The van der Waals surface area contributed by atoms with Gasteiger partial charge in [0.1, 0.15) is 5.69 Å². The fourth-order valence-corrected chi connectivity index (χ4v) is 3.26. The number of anilines is 3. The maximum absolute atomic E-state index is 11.9. The molecule has 0 spiro atoms. The van der Waals surface area contributed by atoms with Crippen LogP contribution in [0.4, 0.5) is 28.4 Å². The van der Waals surface area contributed by atoms with Gasteiger partial charge in [0.2, 0.25) is 0 Å². The zero-order chi connectivity index (χ0) is 22.0. The van der Waals surface area contributed by atoms with Crippen molar-refractivity contribution in [3.8, 4) is 5.75 Å². The van der Waals surface area contributed by atoms with Crippen LogP contribution in [-0.2, 0) is 0 Å². The Bertz CT molecular complexity index is 1280. The minimum absolute atomic E-state index is 0.178. The lowest BCUT2D eigenvalue weighted by molar-refractivity contribution is 0.101. The van der Waals surface area contributed by atoms with Crippen molar-refractivity contribution in [3.63, 3.8) is 0 Å². The Morgan fingerprint density at radius 3 is 2.16 bits per heavy atom. The van der Waals surface area contributed by atoms with Crippen LogP contribution in [0.2, 0.25) is 0 Å². The number of aromatic hydroxyl groups is 1. The molecule has 0 amide bonds. The molecule has 7 nitrogen and oxygen atoms in total. The standard InChI is InChI=1S/C24H21N5O2/c1-15(30)22-14-16-4-2-3-5-21(16)23(24(22)31)28-27-18-8-12-20(13-9-18)29(26)19-10-6-17(25)7-11-19/h2-14,31H,25-26H2,1H3/b28-27+. The van der Waals surface area contributed by atoms with Gasteiger partial charge < -0.3 is 10.8 Å². The van der Waals surface area contributed by atoms with E-state index in [1.54, 1.807) is 30.3 Å². The van der Waals surface area contributed by atoms with E-state index in [2.05, 4.69) is 10.2 Å². The average Bonchev–Trinajstić information content (AvgIpc) is 2.78. The molecule has 4 rings (SSSR count). The second kappa shape index (κ2) is 8.25. The van der Waals surface area contributed by atoms with E-state index in [0.29, 0.717) is 16.8 Å². The van der Waals surface area contributed by atoms with E-state index in [1.165, 1.54) is 11.9 Å². The third-order valence-electron chi connectivity index (χ3n) is 4.94. The number of fused-ring (bicyclic) bond motifs is 1. The Morgan fingerprint density at radius 1 is 0.903 bits per heavy atom. The number of nitrogens with zero attached hydrogens (tertiary/aromatic N) is 3. The molecule has 0 radical (unpaired) electrons. The quantitative estimate of drug-likeness (QED) is 0.127. The summed E-state index contributed by atoms with van der Waals surface area (Å²) in [6.45, 7) is 1.41. The number of rotatable bonds is 5. The van der Waals surface area contributed by atoms with E-state index in [0.717, 1.165) is 16.8 Å². The molecular formula is C24H21N5O2. The first-order chi connectivity index (χ1) is 14.9. The van der Waals surface area contributed by atoms with Gasteiger partial charge in [-0.3, -0.25) is 9.80 Å². The van der Waals surface area contributed by atoms with Gasteiger partial charge in [0.05, 0.1) is 22.6 Å². The van der Waals surface area contributed by atoms with Gasteiger partial charge in [-0.25, -0.2) is 5.84 Å². The molecule has 154 valence electrons. The summed E-state index contributed by atoms with van der Waals surface area (Å²) >= 11 is 0. The van der Waals surface area contributed by atoms with Gasteiger partial charge in [-0.05, 0) is 66.9 Å². The number of nitrogens with two attached hydrogens (primary N) is 2. The largest absolute Gasteiger partial charge is 0.505 e. The molecule has 0 atom stereocenters. The van der Waals surface area contributed by atoms with Gasteiger partial charge in [-0.15, -0.1) is 5.11 Å². The summed E-state index contributed by atoms with van der Waals surface area (Å²) in [6, 6.07) is 23.5. The Morgan fingerprint density at radius 2 is 1.52 bits per heavy atom. The molecule has 0 saturated carbocycles. The SMILES string of the molecule is CC(=O)c1cc2ccccc2c(/N=N/c2ccc(N(N)c3ccc(N)cc3)cc2)c1O. The molecule has 0 fully saturated rings. The second-order valence-corrected chi connectivity index (χ2v) is 7.08. The number of hydrogen-bond donors (Lipinski definition) is 3. The van der Waals surface area contributed by atoms with Gasteiger partial charge in [-0.2, -0.15) is 5.11 Å². The average molecular weight is 411 g/mol. The number of carbonyl (C=O) groups excluding carboxylic acids is 1. The molecule has 4 aromatic carbocycles. The van der Waals surface area contributed by atoms with E-state index in [4.69, 9.17) is 11.6 Å². The topological polar surface area (TPSA) is 117 Å². The zero-order valence-electron chi connectivity index (χ0n) is 16.9. The summed E-state index contributed by atoms with van der Waals surface area (Å²) in [5, 5.41) is 22.1. The summed E-state index contributed by atoms with van der Waals surface area (Å²) in [5.41, 5.74) is 8.98. The van der Waals surface area contributed by atoms with Crippen LogP contribution >= 0.6 is 0 Å². The van der Waals surface area contributed by atoms with Gasteiger partial charge in [0.25, 0.3) is 0 Å². The van der Waals surface area contributed by atoms with E-state index in [1.807, 2.05) is 48.5 Å². The highest BCUT2D eigenvalue weighted by Crippen LogP contribution is 2.39. The minimum Gasteiger partial charge on any atom is -0.505 e. The Hall–Kier alpha value is -4.23. The minimum atomic E-state index is -0.241. The third-order valence-corrected chi connectivity index (χ3v) is 4.94. The molecule has 7 heteroatoms. The lowest BCUT2D eigenvalue weighted by Gasteiger charge is -2.18. The number of phenolic OH excluding ortho intramolecular Hbond substituents is 1. The van der Waals surface area contributed by atoms with Crippen LogP contribution in [0.25, 0.3) is 10.8 Å². The highest BCUT2D eigenvalue weighted by molar-refractivity contribution is 6.06. The summed E-state index contributed by atoms with van der Waals surface area (Å²) in [4.78, 5) is 11.9. The molecule has 0 saturated heterocycles. The van der Waals surface area contributed by atoms with E-state index < -0.39 is 0 Å². The molecule has 0 aliphatic carbocycles. The predicted octanol–water partition coefficient (Wildman–Crippen LogP) is 5.76. The van der Waals surface area contributed by atoms with Crippen LogP contribution < -0.4 is 16.6 Å². The smallest absolute Gasteiger partial charge is 0.163 e. The summed E-state index contributed by atoms with van der Waals surface area (Å²) in [5.74, 6) is 5.76. The Labute approximate surface area is 179 Å². The molecule has 0 aromatic heterocycles. The number of hydrazine groups is 1. The molecule has 0 bridgehead atoms. The van der Waals surface area contributed by atoms with Crippen molar-refractivity contribution >= 4 is 45.0 Å².